The molecule has 0 aromatic heterocycles. The molecule has 6 heteroatoms. The summed E-state index contributed by atoms with van der Waals surface area (Å²) in [6.45, 7) is 0.00743. The Morgan fingerprint density at radius 3 is 1.85 bits per heavy atom. The molecule has 0 heterocycles. The summed E-state index contributed by atoms with van der Waals surface area (Å²) in [5.74, 6) is -1.97. The lowest BCUT2D eigenvalue weighted by atomic mass is 10.0. The first-order valence-corrected chi connectivity index (χ1v) is 5.68. The Bertz CT molecular complexity index is 634. The van der Waals surface area contributed by atoms with Crippen LogP contribution in [0.5, 0.6) is 0 Å². The van der Waals surface area contributed by atoms with Gasteiger partial charge >= 0.3 is 6.18 Å². The van der Waals surface area contributed by atoms with Crippen molar-refractivity contribution in [2.75, 3.05) is 0 Å². The SMILES string of the molecule is NCc1ccc(-c2ccc(C(F)(F)F)c(F)c2)cc1F. The highest BCUT2D eigenvalue weighted by Gasteiger charge is 2.33. The summed E-state index contributed by atoms with van der Waals surface area (Å²) in [6, 6.07) is 6.49. The molecule has 0 aliphatic heterocycles. The van der Waals surface area contributed by atoms with Gasteiger partial charge in [-0.25, -0.2) is 8.78 Å². The predicted octanol–water partition coefficient (Wildman–Crippen LogP) is 4.11. The lowest BCUT2D eigenvalue weighted by Gasteiger charge is -2.10. The van der Waals surface area contributed by atoms with Gasteiger partial charge in [-0.2, -0.15) is 13.2 Å². The summed E-state index contributed by atoms with van der Waals surface area (Å²) >= 11 is 0. The van der Waals surface area contributed by atoms with Gasteiger partial charge in [-0.1, -0.05) is 18.2 Å². The average molecular weight is 287 g/mol. The quantitative estimate of drug-likeness (QED) is 0.826. The van der Waals surface area contributed by atoms with Gasteiger partial charge in [-0.3, -0.25) is 0 Å². The molecular formula is C14H10F5N. The van der Waals surface area contributed by atoms with Gasteiger partial charge in [-0.05, 0) is 29.3 Å². The van der Waals surface area contributed by atoms with Crippen LogP contribution in [-0.2, 0) is 12.7 Å². The van der Waals surface area contributed by atoms with Crippen molar-refractivity contribution >= 4 is 0 Å². The highest BCUT2D eigenvalue weighted by molar-refractivity contribution is 5.64. The Balaban J connectivity index is 2.44. The Morgan fingerprint density at radius 2 is 1.40 bits per heavy atom. The first kappa shape index (κ1) is 14.5. The van der Waals surface area contributed by atoms with Gasteiger partial charge in [0, 0.05) is 12.1 Å². The van der Waals surface area contributed by atoms with Crippen molar-refractivity contribution < 1.29 is 22.0 Å². The molecule has 2 aromatic rings. The molecule has 0 bridgehead atoms. The van der Waals surface area contributed by atoms with Gasteiger partial charge in [0.1, 0.15) is 11.6 Å². The zero-order valence-corrected chi connectivity index (χ0v) is 10.1. The highest BCUT2D eigenvalue weighted by Crippen LogP contribution is 2.33. The minimum absolute atomic E-state index is 0.00743. The first-order chi connectivity index (χ1) is 9.32. The van der Waals surface area contributed by atoms with E-state index in [9.17, 15) is 22.0 Å². The standard InChI is InChI=1S/C14H10F5N/c15-12-5-8(1-2-10(12)7-20)9-3-4-11(13(16)6-9)14(17,18)19/h1-6H,7,20H2. The fraction of sp³-hybridized carbons (Fsp3) is 0.143. The van der Waals surface area contributed by atoms with E-state index in [0.29, 0.717) is 6.07 Å². The molecule has 2 aromatic carbocycles. The monoisotopic (exact) mass is 287 g/mol. The number of hydrogen-bond donors (Lipinski definition) is 1. The van der Waals surface area contributed by atoms with Crippen LogP contribution in [0.1, 0.15) is 11.1 Å². The molecule has 0 radical (unpaired) electrons. The zero-order chi connectivity index (χ0) is 14.9. The van der Waals surface area contributed by atoms with Crippen molar-refractivity contribution in [3.63, 3.8) is 0 Å². The second kappa shape index (κ2) is 5.20. The largest absolute Gasteiger partial charge is 0.419 e. The van der Waals surface area contributed by atoms with E-state index in [2.05, 4.69) is 0 Å². The molecule has 0 saturated carbocycles. The maximum Gasteiger partial charge on any atom is 0.419 e. The van der Waals surface area contributed by atoms with Crippen LogP contribution < -0.4 is 5.73 Å². The van der Waals surface area contributed by atoms with Gasteiger partial charge < -0.3 is 5.73 Å². The van der Waals surface area contributed by atoms with Crippen LogP contribution >= 0.6 is 0 Å². The van der Waals surface area contributed by atoms with E-state index in [1.54, 1.807) is 0 Å². The molecule has 2 N–H and O–H groups in total. The van der Waals surface area contributed by atoms with E-state index >= 15 is 0 Å². The van der Waals surface area contributed by atoms with Crippen molar-refractivity contribution in [3.8, 4) is 11.1 Å². The molecule has 0 amide bonds. The summed E-state index contributed by atoms with van der Waals surface area (Å²) < 4.78 is 64.3. The molecule has 0 aliphatic carbocycles. The summed E-state index contributed by atoms with van der Waals surface area (Å²) in [4.78, 5) is 0. The summed E-state index contributed by atoms with van der Waals surface area (Å²) in [5, 5.41) is 0. The number of hydrogen-bond acceptors (Lipinski definition) is 1. The second-order valence-corrected chi connectivity index (χ2v) is 4.20. The van der Waals surface area contributed by atoms with Crippen LogP contribution in [0.4, 0.5) is 22.0 Å². The normalized spacial score (nSPS) is 11.7. The van der Waals surface area contributed by atoms with E-state index in [1.807, 2.05) is 0 Å². The molecule has 0 fully saturated rings. The highest BCUT2D eigenvalue weighted by atomic mass is 19.4. The predicted molar refractivity (Wildman–Crippen MR) is 64.7 cm³/mol. The van der Waals surface area contributed by atoms with Gasteiger partial charge in [0.05, 0.1) is 5.56 Å². The second-order valence-electron chi connectivity index (χ2n) is 4.20. The molecule has 0 unspecified atom stereocenters. The van der Waals surface area contributed by atoms with Crippen molar-refractivity contribution in [1.29, 1.82) is 0 Å². The van der Waals surface area contributed by atoms with Crippen LogP contribution in [0, 0.1) is 11.6 Å². The van der Waals surface area contributed by atoms with Crippen LogP contribution in [0.3, 0.4) is 0 Å². The minimum Gasteiger partial charge on any atom is -0.326 e. The number of benzene rings is 2. The molecule has 0 spiro atoms. The van der Waals surface area contributed by atoms with Crippen molar-refractivity contribution in [1.82, 2.24) is 0 Å². The lowest BCUT2D eigenvalue weighted by Crippen LogP contribution is -2.07. The summed E-state index contributed by atoms with van der Waals surface area (Å²) in [6.07, 6.45) is -4.75. The molecule has 0 atom stereocenters. The first-order valence-electron chi connectivity index (χ1n) is 5.68. The molecule has 1 nitrogen and oxygen atoms in total. The molecule has 20 heavy (non-hydrogen) atoms. The summed E-state index contributed by atoms with van der Waals surface area (Å²) in [7, 11) is 0. The topological polar surface area (TPSA) is 26.0 Å². The van der Waals surface area contributed by atoms with Crippen LogP contribution in [-0.4, -0.2) is 0 Å². The van der Waals surface area contributed by atoms with Crippen LogP contribution in [0.25, 0.3) is 11.1 Å². The van der Waals surface area contributed by atoms with E-state index in [4.69, 9.17) is 5.73 Å². The number of nitrogens with two attached hydrogens (primary N) is 1. The Morgan fingerprint density at radius 1 is 0.850 bits per heavy atom. The number of alkyl halides is 3. The Labute approximate surface area is 111 Å². The smallest absolute Gasteiger partial charge is 0.326 e. The Kier molecular flexibility index (Phi) is 3.76. The molecular weight excluding hydrogens is 277 g/mol. The van der Waals surface area contributed by atoms with E-state index in [0.717, 1.165) is 18.2 Å². The van der Waals surface area contributed by atoms with E-state index < -0.39 is 23.4 Å². The molecule has 0 aliphatic rings. The van der Waals surface area contributed by atoms with E-state index in [1.165, 1.54) is 12.1 Å². The van der Waals surface area contributed by atoms with Crippen LogP contribution in [0.15, 0.2) is 36.4 Å². The molecule has 0 saturated heterocycles. The molecule has 106 valence electrons. The van der Waals surface area contributed by atoms with Gasteiger partial charge in [0.15, 0.2) is 0 Å². The lowest BCUT2D eigenvalue weighted by molar-refractivity contribution is -0.139. The number of halogens is 5. The molecule has 2 rings (SSSR count). The third kappa shape index (κ3) is 2.80. The third-order valence-corrected chi connectivity index (χ3v) is 2.88. The maximum atomic E-state index is 13.6. The zero-order valence-electron chi connectivity index (χ0n) is 10.1. The van der Waals surface area contributed by atoms with Gasteiger partial charge in [0.25, 0.3) is 0 Å². The van der Waals surface area contributed by atoms with E-state index in [-0.39, 0.29) is 23.2 Å². The third-order valence-electron chi connectivity index (χ3n) is 2.88. The van der Waals surface area contributed by atoms with Gasteiger partial charge in [-0.15, -0.1) is 0 Å². The number of rotatable bonds is 2. The Hall–Kier alpha value is -1.95. The maximum absolute atomic E-state index is 13.6. The summed E-state index contributed by atoms with van der Waals surface area (Å²) in [5.41, 5.74) is 4.69. The fourth-order valence-corrected chi connectivity index (χ4v) is 1.82. The van der Waals surface area contributed by atoms with Crippen LogP contribution in [0.2, 0.25) is 0 Å². The fourth-order valence-electron chi connectivity index (χ4n) is 1.82. The minimum atomic E-state index is -4.75. The van der Waals surface area contributed by atoms with Crippen molar-refractivity contribution in [3.05, 3.63) is 59.2 Å². The average Bonchev–Trinajstić information content (AvgIpc) is 2.37. The van der Waals surface area contributed by atoms with Gasteiger partial charge in [0.2, 0.25) is 0 Å². The van der Waals surface area contributed by atoms with Crippen molar-refractivity contribution in [2.45, 2.75) is 12.7 Å². The van der Waals surface area contributed by atoms with Crippen molar-refractivity contribution in [2.24, 2.45) is 5.73 Å².